The van der Waals surface area contributed by atoms with E-state index in [1.807, 2.05) is 0 Å². The van der Waals surface area contributed by atoms with Gasteiger partial charge >= 0.3 is 5.97 Å². The monoisotopic (exact) mass is 227 g/mol. The van der Waals surface area contributed by atoms with Crippen LogP contribution in [0.5, 0.6) is 0 Å². The fourth-order valence-corrected chi connectivity index (χ4v) is 2.65. The Hall–Kier alpha value is -1.23. The first-order valence-electron chi connectivity index (χ1n) is 4.56. The van der Waals surface area contributed by atoms with E-state index in [1.54, 1.807) is 22.7 Å². The predicted molar refractivity (Wildman–Crippen MR) is 57.0 cm³/mol. The molecule has 1 aromatic rings. The van der Waals surface area contributed by atoms with Crippen molar-refractivity contribution in [3.8, 4) is 0 Å². The number of aliphatic carboxylic acids is 1. The van der Waals surface area contributed by atoms with E-state index in [2.05, 4.69) is 0 Å². The minimum Gasteiger partial charge on any atom is -0.480 e. The van der Waals surface area contributed by atoms with Gasteiger partial charge in [0.2, 0.25) is 0 Å². The van der Waals surface area contributed by atoms with E-state index in [4.69, 9.17) is 5.11 Å². The van der Waals surface area contributed by atoms with Gasteiger partial charge in [0.05, 0.1) is 5.69 Å². The van der Waals surface area contributed by atoms with E-state index < -0.39 is 5.97 Å². The van der Waals surface area contributed by atoms with Crippen LogP contribution in [-0.4, -0.2) is 29.9 Å². The third-order valence-corrected chi connectivity index (χ3v) is 3.23. The fraction of sp³-hybridized carbons (Fsp3) is 0.300. The van der Waals surface area contributed by atoms with Gasteiger partial charge in [-0.05, 0) is 18.2 Å². The molecule has 0 spiro atoms. The zero-order valence-electron chi connectivity index (χ0n) is 7.94. The van der Waals surface area contributed by atoms with Crippen LogP contribution in [-0.2, 0) is 4.79 Å². The summed E-state index contributed by atoms with van der Waals surface area (Å²) < 4.78 is 12.9. The molecule has 1 aliphatic heterocycles. The molecule has 0 radical (unpaired) electrons. The molecule has 0 saturated heterocycles. The summed E-state index contributed by atoms with van der Waals surface area (Å²) in [5.41, 5.74) is 0.815. The largest absolute Gasteiger partial charge is 0.480 e. The summed E-state index contributed by atoms with van der Waals surface area (Å²) in [5.74, 6) is -0.348. The van der Waals surface area contributed by atoms with Crippen LogP contribution in [0.3, 0.4) is 0 Å². The molecule has 0 amide bonds. The molecule has 0 aliphatic carbocycles. The van der Waals surface area contributed by atoms with E-state index in [-0.39, 0.29) is 12.4 Å². The SMILES string of the molecule is O=C(O)CN1CCSc2cc(F)ccc21. The van der Waals surface area contributed by atoms with Crippen LogP contribution in [0, 0.1) is 5.82 Å². The highest BCUT2D eigenvalue weighted by Gasteiger charge is 2.19. The van der Waals surface area contributed by atoms with Crippen molar-refractivity contribution in [2.75, 3.05) is 23.7 Å². The van der Waals surface area contributed by atoms with Crippen LogP contribution >= 0.6 is 11.8 Å². The molecule has 1 aliphatic rings. The molecule has 15 heavy (non-hydrogen) atoms. The summed E-state index contributed by atoms with van der Waals surface area (Å²) >= 11 is 1.56. The smallest absolute Gasteiger partial charge is 0.323 e. The van der Waals surface area contributed by atoms with Crippen molar-refractivity contribution in [1.29, 1.82) is 0 Å². The van der Waals surface area contributed by atoms with Crippen molar-refractivity contribution in [3.63, 3.8) is 0 Å². The number of carboxylic acid groups (broad SMARTS) is 1. The van der Waals surface area contributed by atoms with Crippen LogP contribution in [0.1, 0.15) is 0 Å². The van der Waals surface area contributed by atoms with Gasteiger partial charge in [0, 0.05) is 17.2 Å². The van der Waals surface area contributed by atoms with Crippen molar-refractivity contribution in [2.24, 2.45) is 0 Å². The number of carbonyl (C=O) groups is 1. The Morgan fingerprint density at radius 1 is 1.60 bits per heavy atom. The Kier molecular flexibility index (Phi) is 2.81. The first kappa shape index (κ1) is 10.3. The quantitative estimate of drug-likeness (QED) is 0.836. The van der Waals surface area contributed by atoms with E-state index in [0.717, 1.165) is 16.3 Å². The number of anilines is 1. The van der Waals surface area contributed by atoms with E-state index >= 15 is 0 Å². The van der Waals surface area contributed by atoms with Crippen molar-refractivity contribution < 1.29 is 14.3 Å². The molecule has 0 atom stereocenters. The number of thioether (sulfide) groups is 1. The van der Waals surface area contributed by atoms with Gasteiger partial charge < -0.3 is 10.0 Å². The molecule has 80 valence electrons. The normalized spacial score (nSPS) is 14.9. The molecule has 2 rings (SSSR count). The van der Waals surface area contributed by atoms with Gasteiger partial charge in [0.25, 0.3) is 0 Å². The molecule has 1 aromatic carbocycles. The van der Waals surface area contributed by atoms with Gasteiger partial charge in [-0.2, -0.15) is 0 Å². The highest BCUT2D eigenvalue weighted by atomic mass is 32.2. The number of fused-ring (bicyclic) bond motifs is 1. The van der Waals surface area contributed by atoms with Crippen LogP contribution in [0.15, 0.2) is 23.1 Å². The lowest BCUT2D eigenvalue weighted by Gasteiger charge is -2.29. The van der Waals surface area contributed by atoms with Crippen molar-refractivity contribution in [1.82, 2.24) is 0 Å². The minimum atomic E-state index is -0.864. The first-order chi connectivity index (χ1) is 7.16. The lowest BCUT2D eigenvalue weighted by Crippen LogP contribution is -2.34. The van der Waals surface area contributed by atoms with Gasteiger partial charge in [-0.25, -0.2) is 4.39 Å². The number of benzene rings is 1. The van der Waals surface area contributed by atoms with E-state index in [1.165, 1.54) is 12.1 Å². The maximum absolute atomic E-state index is 12.9. The Labute approximate surface area is 90.9 Å². The number of hydrogen-bond donors (Lipinski definition) is 1. The van der Waals surface area contributed by atoms with Gasteiger partial charge in [-0.15, -0.1) is 11.8 Å². The summed E-state index contributed by atoms with van der Waals surface area (Å²) in [4.78, 5) is 13.2. The van der Waals surface area contributed by atoms with Crippen LogP contribution in [0.25, 0.3) is 0 Å². The molecule has 3 nitrogen and oxygen atoms in total. The lowest BCUT2D eigenvalue weighted by molar-refractivity contribution is -0.135. The number of nitrogens with zero attached hydrogens (tertiary/aromatic N) is 1. The summed E-state index contributed by atoms with van der Waals surface area (Å²) in [5, 5.41) is 8.72. The molecule has 5 heteroatoms. The highest BCUT2D eigenvalue weighted by Crippen LogP contribution is 2.34. The summed E-state index contributed by atoms with van der Waals surface area (Å²) in [6.07, 6.45) is 0. The third kappa shape index (κ3) is 2.23. The Bertz CT molecular complexity index is 397. The molecule has 1 heterocycles. The Balaban J connectivity index is 2.30. The predicted octanol–water partition coefficient (Wildman–Crippen LogP) is 1.82. The molecule has 0 aromatic heterocycles. The average Bonchev–Trinajstić information content (AvgIpc) is 2.16. The summed E-state index contributed by atoms with van der Waals surface area (Å²) in [6.45, 7) is 0.661. The van der Waals surface area contributed by atoms with Crippen molar-refractivity contribution >= 4 is 23.4 Å². The van der Waals surface area contributed by atoms with Crippen molar-refractivity contribution in [2.45, 2.75) is 4.90 Å². The first-order valence-corrected chi connectivity index (χ1v) is 5.54. The van der Waals surface area contributed by atoms with Gasteiger partial charge in [-0.3, -0.25) is 4.79 Å². The minimum absolute atomic E-state index is 0.0286. The number of carboxylic acids is 1. The second-order valence-corrected chi connectivity index (χ2v) is 4.41. The van der Waals surface area contributed by atoms with Gasteiger partial charge in [-0.1, -0.05) is 0 Å². The zero-order valence-corrected chi connectivity index (χ0v) is 8.76. The molecule has 0 fully saturated rings. The number of hydrogen-bond acceptors (Lipinski definition) is 3. The maximum atomic E-state index is 12.9. The molecule has 0 saturated carbocycles. The van der Waals surface area contributed by atoms with Gasteiger partial charge in [0.15, 0.2) is 0 Å². The topological polar surface area (TPSA) is 40.5 Å². The lowest BCUT2D eigenvalue weighted by atomic mass is 10.2. The zero-order chi connectivity index (χ0) is 10.8. The van der Waals surface area contributed by atoms with Crippen molar-refractivity contribution in [3.05, 3.63) is 24.0 Å². The highest BCUT2D eigenvalue weighted by molar-refractivity contribution is 7.99. The fourth-order valence-electron chi connectivity index (χ4n) is 1.58. The second kappa shape index (κ2) is 4.10. The van der Waals surface area contributed by atoms with E-state index in [0.29, 0.717) is 6.54 Å². The van der Waals surface area contributed by atoms with E-state index in [9.17, 15) is 9.18 Å². The average molecular weight is 227 g/mol. The standard InChI is InChI=1S/C10H10FNO2S/c11-7-1-2-8-9(5-7)15-4-3-12(8)6-10(13)14/h1-2,5H,3-4,6H2,(H,13,14). The second-order valence-electron chi connectivity index (χ2n) is 3.28. The molecule has 0 bridgehead atoms. The number of rotatable bonds is 2. The third-order valence-electron chi connectivity index (χ3n) is 2.21. The molecular weight excluding hydrogens is 217 g/mol. The molecule has 1 N–H and O–H groups in total. The Morgan fingerprint density at radius 2 is 2.40 bits per heavy atom. The molecular formula is C10H10FNO2S. The van der Waals surface area contributed by atoms with Crippen LogP contribution < -0.4 is 4.90 Å². The maximum Gasteiger partial charge on any atom is 0.323 e. The molecule has 0 unspecified atom stereocenters. The van der Waals surface area contributed by atoms with Crippen LogP contribution in [0.2, 0.25) is 0 Å². The Morgan fingerprint density at radius 3 is 3.13 bits per heavy atom. The van der Waals surface area contributed by atoms with Gasteiger partial charge in [0.1, 0.15) is 12.4 Å². The summed E-state index contributed by atoms with van der Waals surface area (Å²) in [7, 11) is 0. The number of halogens is 1. The summed E-state index contributed by atoms with van der Waals surface area (Å²) in [6, 6.07) is 4.45. The van der Waals surface area contributed by atoms with Crippen LogP contribution in [0.4, 0.5) is 10.1 Å².